The number of amides is 3. The first-order valence-corrected chi connectivity index (χ1v) is 9.95. The number of aromatic nitrogens is 1. The summed E-state index contributed by atoms with van der Waals surface area (Å²) in [6.45, 7) is 6.59. The summed E-state index contributed by atoms with van der Waals surface area (Å²) in [6, 6.07) is 4.31. The summed E-state index contributed by atoms with van der Waals surface area (Å²) in [4.78, 5) is 33.3. The number of nitrogens with one attached hydrogen (secondary N) is 1. The van der Waals surface area contributed by atoms with Crippen LogP contribution in [0.15, 0.2) is 16.5 Å². The standard InChI is InChI=1S/C20H27N5O3/c1-12-6-7-15-16(17(18(21)26)28-19(15)22-12)23-20(27)24-10-8-14(11-24)25-9-4-3-5-13(25)2/h6-7,13-14H,3-5,8-11H2,1-2H3,(H2,21,26)(H,23,27)/t13-,14-/m1/s1. The molecule has 2 fully saturated rings. The number of primary amides is 1. The summed E-state index contributed by atoms with van der Waals surface area (Å²) in [6.07, 6.45) is 4.69. The van der Waals surface area contributed by atoms with Crippen molar-refractivity contribution in [3.8, 4) is 0 Å². The van der Waals surface area contributed by atoms with Crippen molar-refractivity contribution in [3.05, 3.63) is 23.6 Å². The number of hydrogen-bond donors (Lipinski definition) is 2. The van der Waals surface area contributed by atoms with E-state index in [0.717, 1.165) is 18.7 Å². The summed E-state index contributed by atoms with van der Waals surface area (Å²) >= 11 is 0. The van der Waals surface area contributed by atoms with Crippen molar-refractivity contribution in [1.29, 1.82) is 0 Å². The van der Waals surface area contributed by atoms with Crippen molar-refractivity contribution in [2.75, 3.05) is 25.0 Å². The Kier molecular flexibility index (Phi) is 4.97. The summed E-state index contributed by atoms with van der Waals surface area (Å²) in [7, 11) is 0. The fraction of sp³-hybridized carbons (Fsp3) is 0.550. The van der Waals surface area contributed by atoms with Gasteiger partial charge < -0.3 is 20.4 Å². The molecule has 2 atom stereocenters. The molecule has 3 amide bonds. The number of hydrogen-bond acceptors (Lipinski definition) is 5. The zero-order chi connectivity index (χ0) is 19.8. The van der Waals surface area contributed by atoms with Crippen molar-refractivity contribution in [2.24, 2.45) is 5.73 Å². The summed E-state index contributed by atoms with van der Waals surface area (Å²) in [5, 5.41) is 3.42. The number of urea groups is 1. The zero-order valence-electron chi connectivity index (χ0n) is 16.4. The van der Waals surface area contributed by atoms with Gasteiger partial charge in [-0.3, -0.25) is 9.69 Å². The third kappa shape index (κ3) is 3.44. The van der Waals surface area contributed by atoms with Crippen LogP contribution in [-0.4, -0.2) is 58.4 Å². The Bertz CT molecular complexity index is 909. The van der Waals surface area contributed by atoms with Crippen LogP contribution in [0.25, 0.3) is 11.1 Å². The second-order valence-corrected chi connectivity index (χ2v) is 7.88. The molecule has 0 bridgehead atoms. The SMILES string of the molecule is Cc1ccc2c(NC(=O)N3CC[C@@H](N4CCCC[C@H]4C)C3)c(C(N)=O)oc2n1. The van der Waals surface area contributed by atoms with E-state index in [2.05, 4.69) is 22.1 Å². The van der Waals surface area contributed by atoms with Gasteiger partial charge in [0.2, 0.25) is 11.5 Å². The van der Waals surface area contributed by atoms with E-state index in [0.29, 0.717) is 42.0 Å². The lowest BCUT2D eigenvalue weighted by atomic mass is 10.0. The molecule has 0 unspecified atom stereocenters. The molecule has 2 aromatic rings. The van der Waals surface area contributed by atoms with Crippen LogP contribution in [-0.2, 0) is 0 Å². The summed E-state index contributed by atoms with van der Waals surface area (Å²) in [5.74, 6) is -0.797. The third-order valence-electron chi connectivity index (χ3n) is 5.92. The number of furan rings is 1. The first-order chi connectivity index (χ1) is 13.4. The van der Waals surface area contributed by atoms with Gasteiger partial charge in [-0.15, -0.1) is 0 Å². The molecule has 2 saturated heterocycles. The van der Waals surface area contributed by atoms with Gasteiger partial charge in [0.05, 0.1) is 5.39 Å². The predicted octanol–water partition coefficient (Wildman–Crippen LogP) is 2.72. The number of anilines is 1. The lowest BCUT2D eigenvalue weighted by Gasteiger charge is -2.37. The van der Waals surface area contributed by atoms with Crippen LogP contribution >= 0.6 is 0 Å². The van der Waals surface area contributed by atoms with Crippen LogP contribution in [0.1, 0.15) is 48.9 Å². The highest BCUT2D eigenvalue weighted by atomic mass is 16.4. The number of carbonyl (C=O) groups is 2. The van der Waals surface area contributed by atoms with Crippen molar-refractivity contribution < 1.29 is 14.0 Å². The van der Waals surface area contributed by atoms with Crippen molar-refractivity contribution >= 4 is 28.7 Å². The van der Waals surface area contributed by atoms with E-state index < -0.39 is 5.91 Å². The van der Waals surface area contributed by atoms with Crippen molar-refractivity contribution in [3.63, 3.8) is 0 Å². The Labute approximate surface area is 164 Å². The highest BCUT2D eigenvalue weighted by molar-refractivity contribution is 6.09. The van der Waals surface area contributed by atoms with Gasteiger partial charge in [0, 0.05) is 30.9 Å². The molecule has 8 heteroatoms. The molecule has 28 heavy (non-hydrogen) atoms. The number of pyridine rings is 1. The summed E-state index contributed by atoms with van der Waals surface area (Å²) in [5.41, 5.74) is 6.80. The lowest BCUT2D eigenvalue weighted by Crippen LogP contribution is -2.46. The Hall–Kier alpha value is -2.61. The van der Waals surface area contributed by atoms with Crippen molar-refractivity contribution in [2.45, 2.75) is 51.6 Å². The van der Waals surface area contributed by atoms with Gasteiger partial charge in [-0.25, -0.2) is 9.78 Å². The number of nitrogens with zero attached hydrogens (tertiary/aromatic N) is 3. The minimum Gasteiger partial charge on any atom is -0.430 e. The molecule has 150 valence electrons. The van der Waals surface area contributed by atoms with Crippen LogP contribution in [0.3, 0.4) is 0 Å². The second kappa shape index (κ2) is 7.43. The highest BCUT2D eigenvalue weighted by Gasteiger charge is 2.34. The summed E-state index contributed by atoms with van der Waals surface area (Å²) < 4.78 is 5.51. The van der Waals surface area contributed by atoms with Crippen LogP contribution in [0.4, 0.5) is 10.5 Å². The number of aryl methyl sites for hydroxylation is 1. The largest absolute Gasteiger partial charge is 0.430 e. The molecular formula is C20H27N5O3. The zero-order valence-corrected chi connectivity index (χ0v) is 16.4. The highest BCUT2D eigenvalue weighted by Crippen LogP contribution is 2.31. The van der Waals surface area contributed by atoms with Gasteiger partial charge in [-0.2, -0.15) is 0 Å². The van der Waals surface area contributed by atoms with E-state index in [1.165, 1.54) is 19.3 Å². The van der Waals surface area contributed by atoms with Gasteiger partial charge in [0.25, 0.3) is 5.91 Å². The number of nitrogens with two attached hydrogens (primary N) is 1. The number of carbonyl (C=O) groups excluding carboxylic acids is 2. The molecular weight excluding hydrogens is 358 g/mol. The first kappa shape index (κ1) is 18.7. The van der Waals surface area contributed by atoms with Gasteiger partial charge in [-0.05, 0) is 51.8 Å². The van der Waals surface area contributed by atoms with Crippen LogP contribution in [0.2, 0.25) is 0 Å². The van der Waals surface area contributed by atoms with Crippen LogP contribution in [0, 0.1) is 6.92 Å². The van der Waals surface area contributed by atoms with E-state index >= 15 is 0 Å². The normalized spacial score (nSPS) is 23.3. The van der Waals surface area contributed by atoms with Gasteiger partial charge in [0.15, 0.2) is 0 Å². The molecule has 8 nitrogen and oxygen atoms in total. The Morgan fingerprint density at radius 3 is 2.82 bits per heavy atom. The van der Waals surface area contributed by atoms with Gasteiger partial charge in [0.1, 0.15) is 5.69 Å². The van der Waals surface area contributed by atoms with E-state index in [4.69, 9.17) is 10.2 Å². The molecule has 3 N–H and O–H groups in total. The van der Waals surface area contributed by atoms with E-state index in [1.807, 2.05) is 13.0 Å². The quantitative estimate of drug-likeness (QED) is 0.845. The first-order valence-electron chi connectivity index (χ1n) is 9.95. The molecule has 4 rings (SSSR count). The molecule has 0 spiro atoms. The number of likely N-dealkylation sites (tertiary alicyclic amines) is 2. The van der Waals surface area contributed by atoms with Gasteiger partial charge >= 0.3 is 6.03 Å². The average molecular weight is 385 g/mol. The lowest BCUT2D eigenvalue weighted by molar-refractivity contribution is 0.0976. The maximum absolute atomic E-state index is 12.9. The minimum absolute atomic E-state index is 0.0677. The molecule has 0 aliphatic carbocycles. The van der Waals surface area contributed by atoms with Crippen LogP contribution < -0.4 is 11.1 Å². The Morgan fingerprint density at radius 2 is 2.07 bits per heavy atom. The topological polar surface area (TPSA) is 105 Å². The molecule has 2 aromatic heterocycles. The monoisotopic (exact) mass is 385 g/mol. The average Bonchev–Trinajstić information content (AvgIpc) is 3.27. The predicted molar refractivity (Wildman–Crippen MR) is 106 cm³/mol. The van der Waals surface area contributed by atoms with E-state index in [9.17, 15) is 9.59 Å². The Morgan fingerprint density at radius 1 is 1.25 bits per heavy atom. The number of fused-ring (bicyclic) bond motifs is 1. The molecule has 2 aliphatic heterocycles. The van der Waals surface area contributed by atoms with Gasteiger partial charge in [-0.1, -0.05) is 6.42 Å². The smallest absolute Gasteiger partial charge is 0.322 e. The molecule has 4 heterocycles. The molecule has 2 aliphatic rings. The number of rotatable bonds is 3. The molecule has 0 radical (unpaired) electrons. The fourth-order valence-corrected chi connectivity index (χ4v) is 4.41. The fourth-order valence-electron chi connectivity index (χ4n) is 4.41. The van der Waals surface area contributed by atoms with E-state index in [-0.39, 0.29) is 11.8 Å². The van der Waals surface area contributed by atoms with Crippen molar-refractivity contribution in [1.82, 2.24) is 14.8 Å². The third-order valence-corrected chi connectivity index (χ3v) is 5.92. The molecule has 0 aromatic carbocycles. The maximum atomic E-state index is 12.9. The number of piperidine rings is 1. The minimum atomic E-state index is -0.729. The van der Waals surface area contributed by atoms with Crippen LogP contribution in [0.5, 0.6) is 0 Å². The molecule has 0 saturated carbocycles. The van der Waals surface area contributed by atoms with E-state index in [1.54, 1.807) is 11.0 Å². The maximum Gasteiger partial charge on any atom is 0.322 e. The Balaban J connectivity index is 1.51. The second-order valence-electron chi connectivity index (χ2n) is 7.88.